The fraction of sp³-hybridized carbons (Fsp3) is 0.480. The van der Waals surface area contributed by atoms with Gasteiger partial charge in [-0.15, -0.1) is 0 Å². The summed E-state index contributed by atoms with van der Waals surface area (Å²) in [5.74, 6) is 0.489. The molecule has 0 N–H and O–H groups in total. The van der Waals surface area contributed by atoms with Crippen molar-refractivity contribution in [3.8, 4) is 0 Å². The lowest BCUT2D eigenvalue weighted by Crippen LogP contribution is -2.44. The number of fused-ring (bicyclic) bond motifs is 1. The van der Waals surface area contributed by atoms with Gasteiger partial charge in [0.2, 0.25) is 10.0 Å². The predicted octanol–water partition coefficient (Wildman–Crippen LogP) is 3.78. The molecule has 0 atom stereocenters. The monoisotopic (exact) mass is 487 g/mol. The molecule has 1 aliphatic rings. The molecule has 0 unspecified atom stereocenters. The van der Waals surface area contributed by atoms with Crippen LogP contribution in [0.25, 0.3) is 10.9 Å². The van der Waals surface area contributed by atoms with E-state index in [0.717, 1.165) is 61.3 Å². The van der Waals surface area contributed by atoms with Crippen LogP contribution < -0.4 is 4.90 Å². The molecule has 3 aromatic rings. The minimum absolute atomic E-state index is 0.000323. The van der Waals surface area contributed by atoms with Crippen molar-refractivity contribution in [3.63, 3.8) is 0 Å². The van der Waals surface area contributed by atoms with Gasteiger partial charge in [-0.05, 0) is 82.7 Å². The first kappa shape index (κ1) is 24.6. The lowest BCUT2D eigenvalue weighted by Gasteiger charge is -2.34. The van der Waals surface area contributed by atoms with E-state index in [9.17, 15) is 12.8 Å². The summed E-state index contributed by atoms with van der Waals surface area (Å²) in [7, 11) is 0.119. The molecule has 1 saturated heterocycles. The molecule has 184 valence electrons. The highest BCUT2D eigenvalue weighted by Gasteiger charge is 2.31. The van der Waals surface area contributed by atoms with Crippen LogP contribution in [0.15, 0.2) is 47.4 Å². The first-order valence-electron chi connectivity index (χ1n) is 11.9. The molecule has 2 heterocycles. The van der Waals surface area contributed by atoms with Gasteiger partial charge in [-0.25, -0.2) is 12.8 Å². The number of aromatic nitrogens is 2. The fourth-order valence-electron chi connectivity index (χ4n) is 4.66. The van der Waals surface area contributed by atoms with Crippen LogP contribution in [-0.4, -0.2) is 73.7 Å². The van der Waals surface area contributed by atoms with Gasteiger partial charge in [-0.2, -0.15) is 9.40 Å². The summed E-state index contributed by atoms with van der Waals surface area (Å²) in [5.41, 5.74) is 1.78. The highest BCUT2D eigenvalue weighted by molar-refractivity contribution is 7.89. The molecule has 4 rings (SSSR count). The van der Waals surface area contributed by atoms with Crippen molar-refractivity contribution in [2.24, 2.45) is 0 Å². The Labute approximate surface area is 201 Å². The van der Waals surface area contributed by atoms with Crippen molar-refractivity contribution in [1.29, 1.82) is 0 Å². The number of hydrogen-bond donors (Lipinski definition) is 0. The Balaban J connectivity index is 1.73. The summed E-state index contributed by atoms with van der Waals surface area (Å²) >= 11 is 0. The normalized spacial score (nSPS) is 15.9. The Bertz CT molecular complexity index is 1230. The molecule has 0 saturated carbocycles. The molecule has 1 aliphatic heterocycles. The Morgan fingerprint density at radius 2 is 1.71 bits per heavy atom. The highest BCUT2D eigenvalue weighted by Crippen LogP contribution is 2.31. The van der Waals surface area contributed by atoms with Gasteiger partial charge < -0.3 is 9.80 Å². The van der Waals surface area contributed by atoms with Gasteiger partial charge in [0.1, 0.15) is 5.82 Å². The number of sulfonamides is 1. The SMILES string of the molecule is CCN(CC)c1nn(Cc2ccc(F)cc2)c2ccc(S(=O)(=O)N(C)C3CCN(C)CC3)cc12. The number of piperidine rings is 1. The molecule has 1 aromatic heterocycles. The second kappa shape index (κ2) is 10.0. The summed E-state index contributed by atoms with van der Waals surface area (Å²) in [5, 5.41) is 5.66. The quantitative estimate of drug-likeness (QED) is 0.484. The second-order valence-electron chi connectivity index (χ2n) is 9.01. The lowest BCUT2D eigenvalue weighted by atomic mass is 10.1. The molecule has 0 radical (unpaired) electrons. The van der Waals surface area contributed by atoms with Crippen LogP contribution in [-0.2, 0) is 16.6 Å². The van der Waals surface area contributed by atoms with Crippen LogP contribution in [0.5, 0.6) is 0 Å². The zero-order chi connectivity index (χ0) is 24.5. The third kappa shape index (κ3) is 4.82. The van der Waals surface area contributed by atoms with Gasteiger partial charge in [0.15, 0.2) is 5.82 Å². The van der Waals surface area contributed by atoms with Crippen LogP contribution in [0.1, 0.15) is 32.3 Å². The summed E-state index contributed by atoms with van der Waals surface area (Å²) in [6, 6.07) is 11.7. The number of likely N-dealkylation sites (tertiary alicyclic amines) is 1. The minimum atomic E-state index is -3.64. The van der Waals surface area contributed by atoms with E-state index in [-0.39, 0.29) is 16.8 Å². The smallest absolute Gasteiger partial charge is 0.243 e. The maximum absolute atomic E-state index is 13.5. The summed E-state index contributed by atoms with van der Waals surface area (Å²) in [4.78, 5) is 4.64. The number of halogens is 1. The zero-order valence-corrected chi connectivity index (χ0v) is 21.2. The molecule has 1 fully saturated rings. The molecule has 0 amide bonds. The zero-order valence-electron chi connectivity index (χ0n) is 20.4. The first-order chi connectivity index (χ1) is 16.2. The molecular formula is C25H34FN5O2S. The molecule has 2 aromatic carbocycles. The maximum atomic E-state index is 13.5. The topological polar surface area (TPSA) is 61.7 Å². The minimum Gasteiger partial charge on any atom is -0.355 e. The van der Waals surface area contributed by atoms with E-state index >= 15 is 0 Å². The van der Waals surface area contributed by atoms with Crippen LogP contribution in [0, 0.1) is 5.82 Å². The van der Waals surface area contributed by atoms with Crippen molar-refractivity contribution in [2.75, 3.05) is 45.2 Å². The molecule has 0 spiro atoms. The summed E-state index contributed by atoms with van der Waals surface area (Å²) < 4.78 is 43.9. The molecule has 0 aliphatic carbocycles. The third-order valence-electron chi connectivity index (χ3n) is 6.89. The van der Waals surface area contributed by atoms with Crippen molar-refractivity contribution < 1.29 is 12.8 Å². The van der Waals surface area contributed by atoms with Gasteiger partial charge >= 0.3 is 0 Å². The van der Waals surface area contributed by atoms with E-state index in [4.69, 9.17) is 5.10 Å². The Hall–Kier alpha value is -2.49. The van der Waals surface area contributed by atoms with Crippen LogP contribution in [0.2, 0.25) is 0 Å². The van der Waals surface area contributed by atoms with E-state index in [2.05, 4.69) is 30.7 Å². The summed E-state index contributed by atoms with van der Waals surface area (Å²) in [6.45, 7) is 7.89. The fourth-order valence-corrected chi connectivity index (χ4v) is 6.11. The average Bonchev–Trinajstić information content (AvgIpc) is 3.19. The van der Waals surface area contributed by atoms with Gasteiger partial charge in [-0.1, -0.05) is 12.1 Å². The predicted molar refractivity (Wildman–Crippen MR) is 134 cm³/mol. The number of nitrogens with zero attached hydrogens (tertiary/aromatic N) is 5. The largest absolute Gasteiger partial charge is 0.355 e. The van der Waals surface area contributed by atoms with E-state index in [0.29, 0.717) is 6.54 Å². The van der Waals surface area contributed by atoms with Crippen LogP contribution in [0.3, 0.4) is 0 Å². The molecular weight excluding hydrogens is 453 g/mol. The molecule has 7 nitrogen and oxygen atoms in total. The maximum Gasteiger partial charge on any atom is 0.243 e. The number of benzene rings is 2. The Morgan fingerprint density at radius 3 is 2.32 bits per heavy atom. The Kier molecular flexibility index (Phi) is 7.25. The van der Waals surface area contributed by atoms with E-state index in [1.54, 1.807) is 35.6 Å². The molecule has 9 heteroatoms. The number of rotatable bonds is 8. The Morgan fingerprint density at radius 1 is 1.06 bits per heavy atom. The third-order valence-corrected chi connectivity index (χ3v) is 8.80. The van der Waals surface area contributed by atoms with Crippen LogP contribution in [0.4, 0.5) is 10.2 Å². The highest BCUT2D eigenvalue weighted by atomic mass is 32.2. The summed E-state index contributed by atoms with van der Waals surface area (Å²) in [6.07, 6.45) is 1.66. The van der Waals surface area contributed by atoms with Crippen molar-refractivity contribution in [2.45, 2.75) is 44.2 Å². The van der Waals surface area contributed by atoms with E-state index < -0.39 is 10.0 Å². The van der Waals surface area contributed by atoms with Gasteiger partial charge in [0.25, 0.3) is 0 Å². The first-order valence-corrected chi connectivity index (χ1v) is 13.3. The van der Waals surface area contributed by atoms with Gasteiger partial charge in [0.05, 0.1) is 17.0 Å². The van der Waals surface area contributed by atoms with Gasteiger partial charge in [0, 0.05) is 31.6 Å². The second-order valence-corrected chi connectivity index (χ2v) is 11.0. The average molecular weight is 488 g/mol. The van der Waals surface area contributed by atoms with Gasteiger partial charge in [-0.3, -0.25) is 4.68 Å². The van der Waals surface area contributed by atoms with Crippen LogP contribution >= 0.6 is 0 Å². The van der Waals surface area contributed by atoms with E-state index in [1.165, 1.54) is 12.1 Å². The number of anilines is 1. The number of hydrogen-bond acceptors (Lipinski definition) is 5. The van der Waals surface area contributed by atoms with Crippen molar-refractivity contribution >= 4 is 26.7 Å². The lowest BCUT2D eigenvalue weighted by molar-refractivity contribution is 0.197. The molecule has 0 bridgehead atoms. The molecule has 34 heavy (non-hydrogen) atoms. The standard InChI is InChI=1S/C25H34FN5O2S/c1-5-30(6-2)25-23-17-22(34(32,33)29(4)21-13-15-28(3)16-14-21)11-12-24(23)31(27-25)18-19-7-9-20(26)10-8-19/h7-12,17,21H,5-6,13-16,18H2,1-4H3. The van der Waals surface area contributed by atoms with Crippen molar-refractivity contribution in [3.05, 3.63) is 53.8 Å². The van der Waals surface area contributed by atoms with Crippen molar-refractivity contribution in [1.82, 2.24) is 19.0 Å². The van der Waals surface area contributed by atoms with E-state index in [1.807, 2.05) is 10.7 Å².